The van der Waals surface area contributed by atoms with Crippen molar-refractivity contribution in [3.8, 4) is 0 Å². The summed E-state index contributed by atoms with van der Waals surface area (Å²) in [6, 6.07) is 0. The molecule has 3 amide bonds. The van der Waals surface area contributed by atoms with Crippen LogP contribution in [0.3, 0.4) is 0 Å². The van der Waals surface area contributed by atoms with E-state index in [1.54, 1.807) is 0 Å². The SMILES string of the molecule is CCSc1nnc(NC(=O)CN2C(=O)CCC2=O)s1. The fourth-order valence-electron chi connectivity index (χ4n) is 1.54. The van der Waals surface area contributed by atoms with Gasteiger partial charge in [-0.15, -0.1) is 10.2 Å². The summed E-state index contributed by atoms with van der Waals surface area (Å²) in [5, 5.41) is 10.6. The minimum absolute atomic E-state index is 0.183. The van der Waals surface area contributed by atoms with E-state index in [2.05, 4.69) is 15.5 Å². The van der Waals surface area contributed by atoms with Crippen molar-refractivity contribution in [1.29, 1.82) is 0 Å². The minimum atomic E-state index is -0.437. The Labute approximate surface area is 117 Å². The first-order valence-electron chi connectivity index (χ1n) is 5.69. The van der Waals surface area contributed by atoms with Crippen molar-refractivity contribution >= 4 is 46.0 Å². The first-order valence-corrected chi connectivity index (χ1v) is 7.49. The quantitative estimate of drug-likeness (QED) is 0.490. The summed E-state index contributed by atoms with van der Waals surface area (Å²) in [7, 11) is 0. The molecule has 1 aliphatic rings. The van der Waals surface area contributed by atoms with Gasteiger partial charge in [-0.25, -0.2) is 0 Å². The van der Waals surface area contributed by atoms with Crippen LogP contribution in [0.15, 0.2) is 4.34 Å². The van der Waals surface area contributed by atoms with Crippen molar-refractivity contribution in [1.82, 2.24) is 15.1 Å². The van der Waals surface area contributed by atoms with Gasteiger partial charge in [-0.2, -0.15) is 0 Å². The summed E-state index contributed by atoms with van der Waals surface area (Å²) in [6.45, 7) is 1.74. The number of thioether (sulfide) groups is 1. The zero-order chi connectivity index (χ0) is 13.8. The Hall–Kier alpha value is -1.48. The molecule has 1 N–H and O–H groups in total. The highest BCUT2D eigenvalue weighted by molar-refractivity contribution is 8.01. The molecule has 1 saturated heterocycles. The van der Waals surface area contributed by atoms with E-state index in [9.17, 15) is 14.4 Å². The molecule has 7 nitrogen and oxygen atoms in total. The van der Waals surface area contributed by atoms with Crippen molar-refractivity contribution in [3.05, 3.63) is 0 Å². The van der Waals surface area contributed by atoms with Crippen LogP contribution in [0.4, 0.5) is 5.13 Å². The molecular formula is C10H12N4O3S2. The largest absolute Gasteiger partial charge is 0.299 e. The molecule has 0 saturated carbocycles. The van der Waals surface area contributed by atoms with Crippen LogP contribution >= 0.6 is 23.1 Å². The van der Waals surface area contributed by atoms with Gasteiger partial charge in [-0.05, 0) is 5.75 Å². The summed E-state index contributed by atoms with van der Waals surface area (Å²) in [5.41, 5.74) is 0. The van der Waals surface area contributed by atoms with Crippen molar-refractivity contribution in [2.24, 2.45) is 0 Å². The van der Waals surface area contributed by atoms with E-state index < -0.39 is 5.91 Å². The van der Waals surface area contributed by atoms with Gasteiger partial charge < -0.3 is 0 Å². The second kappa shape index (κ2) is 6.11. The van der Waals surface area contributed by atoms with Crippen molar-refractivity contribution in [3.63, 3.8) is 0 Å². The van der Waals surface area contributed by atoms with Gasteiger partial charge in [0.15, 0.2) is 4.34 Å². The zero-order valence-corrected chi connectivity index (χ0v) is 11.8. The molecule has 0 atom stereocenters. The monoisotopic (exact) mass is 300 g/mol. The Balaban J connectivity index is 1.90. The number of aromatic nitrogens is 2. The fraction of sp³-hybridized carbons (Fsp3) is 0.500. The standard InChI is InChI=1S/C10H12N4O3S2/c1-2-18-10-13-12-9(19-10)11-6(15)5-14-7(16)3-4-8(14)17/h2-5H2,1H3,(H,11,12,15). The Morgan fingerprint density at radius 1 is 1.37 bits per heavy atom. The first kappa shape index (κ1) is 13.9. The molecular weight excluding hydrogens is 288 g/mol. The average molecular weight is 300 g/mol. The van der Waals surface area contributed by atoms with E-state index in [1.807, 2.05) is 6.92 Å². The zero-order valence-electron chi connectivity index (χ0n) is 10.2. The maximum Gasteiger partial charge on any atom is 0.246 e. The van der Waals surface area contributed by atoms with Crippen LogP contribution in [0, 0.1) is 0 Å². The van der Waals surface area contributed by atoms with Crippen LogP contribution in [-0.2, 0) is 14.4 Å². The van der Waals surface area contributed by atoms with E-state index in [0.717, 1.165) is 15.0 Å². The predicted molar refractivity (Wildman–Crippen MR) is 70.9 cm³/mol. The molecule has 9 heteroatoms. The van der Waals surface area contributed by atoms with Crippen LogP contribution in [0.25, 0.3) is 0 Å². The first-order chi connectivity index (χ1) is 9.10. The summed E-state index contributed by atoms with van der Waals surface area (Å²) < 4.78 is 0.770. The van der Waals surface area contributed by atoms with E-state index in [1.165, 1.54) is 23.1 Å². The molecule has 1 aromatic rings. The third-order valence-electron chi connectivity index (χ3n) is 2.38. The highest BCUT2D eigenvalue weighted by Crippen LogP contribution is 2.24. The van der Waals surface area contributed by atoms with Crippen LogP contribution in [0.1, 0.15) is 19.8 Å². The Morgan fingerprint density at radius 2 is 2.05 bits per heavy atom. The normalized spacial score (nSPS) is 15.1. The maximum absolute atomic E-state index is 11.7. The second-order valence-corrected chi connectivity index (χ2v) is 6.22. The molecule has 0 unspecified atom stereocenters. The van der Waals surface area contributed by atoms with E-state index in [4.69, 9.17) is 0 Å². The number of likely N-dealkylation sites (tertiary alicyclic amines) is 1. The Morgan fingerprint density at radius 3 is 2.68 bits per heavy atom. The molecule has 1 aliphatic heterocycles. The second-order valence-electron chi connectivity index (χ2n) is 3.73. The predicted octanol–water partition coefficient (Wildman–Crippen LogP) is 0.738. The minimum Gasteiger partial charge on any atom is -0.299 e. The highest BCUT2D eigenvalue weighted by Gasteiger charge is 2.30. The van der Waals surface area contributed by atoms with Gasteiger partial charge in [0.05, 0.1) is 0 Å². The van der Waals surface area contributed by atoms with E-state index in [0.29, 0.717) is 5.13 Å². The number of nitrogens with zero attached hydrogens (tertiary/aromatic N) is 3. The van der Waals surface area contributed by atoms with Crippen molar-refractivity contribution in [2.75, 3.05) is 17.6 Å². The summed E-state index contributed by atoms with van der Waals surface area (Å²) in [6.07, 6.45) is 0.365. The van der Waals surface area contributed by atoms with E-state index >= 15 is 0 Å². The smallest absolute Gasteiger partial charge is 0.246 e. The third-order valence-corrected chi connectivity index (χ3v) is 4.23. The van der Waals surface area contributed by atoms with Gasteiger partial charge in [0.2, 0.25) is 22.9 Å². The lowest BCUT2D eigenvalue weighted by Crippen LogP contribution is -2.36. The number of carbonyl (C=O) groups is 3. The van der Waals surface area contributed by atoms with Crippen molar-refractivity contribution in [2.45, 2.75) is 24.1 Å². The van der Waals surface area contributed by atoms with Crippen LogP contribution in [0.5, 0.6) is 0 Å². The molecule has 0 aromatic carbocycles. The molecule has 2 heterocycles. The third kappa shape index (κ3) is 3.51. The summed E-state index contributed by atoms with van der Waals surface area (Å²) in [5.74, 6) is -0.175. The average Bonchev–Trinajstić information content (AvgIpc) is 2.91. The number of anilines is 1. The van der Waals surface area contributed by atoms with Crippen LogP contribution in [0.2, 0.25) is 0 Å². The lowest BCUT2D eigenvalue weighted by Gasteiger charge is -2.11. The van der Waals surface area contributed by atoms with Crippen LogP contribution < -0.4 is 5.32 Å². The number of hydrogen-bond acceptors (Lipinski definition) is 7. The fourth-order valence-corrected chi connectivity index (χ4v) is 3.21. The van der Waals surface area contributed by atoms with Gasteiger partial charge in [0, 0.05) is 12.8 Å². The van der Waals surface area contributed by atoms with Gasteiger partial charge in [0.25, 0.3) is 0 Å². The van der Waals surface area contributed by atoms with Gasteiger partial charge in [0.1, 0.15) is 6.54 Å². The molecule has 19 heavy (non-hydrogen) atoms. The topological polar surface area (TPSA) is 92.3 Å². The number of amides is 3. The lowest BCUT2D eigenvalue weighted by molar-refractivity contribution is -0.141. The molecule has 0 aliphatic carbocycles. The molecule has 0 radical (unpaired) electrons. The Kier molecular flexibility index (Phi) is 4.48. The molecule has 0 bridgehead atoms. The summed E-state index contributed by atoms with van der Waals surface area (Å²) >= 11 is 2.80. The number of imide groups is 1. The molecule has 102 valence electrons. The number of hydrogen-bond donors (Lipinski definition) is 1. The van der Waals surface area contributed by atoms with Gasteiger partial charge in [-0.1, -0.05) is 30.0 Å². The highest BCUT2D eigenvalue weighted by atomic mass is 32.2. The lowest BCUT2D eigenvalue weighted by atomic mass is 10.4. The maximum atomic E-state index is 11.7. The molecule has 2 rings (SSSR count). The number of rotatable bonds is 5. The summed E-state index contributed by atoms with van der Waals surface area (Å²) in [4.78, 5) is 35.4. The van der Waals surface area contributed by atoms with Gasteiger partial charge in [-0.3, -0.25) is 24.6 Å². The van der Waals surface area contributed by atoms with Crippen molar-refractivity contribution < 1.29 is 14.4 Å². The number of carbonyl (C=O) groups excluding carboxylic acids is 3. The number of nitrogens with one attached hydrogen (secondary N) is 1. The van der Waals surface area contributed by atoms with Crippen LogP contribution in [-0.4, -0.2) is 45.1 Å². The molecule has 1 fully saturated rings. The van der Waals surface area contributed by atoms with E-state index in [-0.39, 0.29) is 31.2 Å². The Bertz CT molecular complexity index is 501. The molecule has 0 spiro atoms. The van der Waals surface area contributed by atoms with Gasteiger partial charge >= 0.3 is 0 Å². The molecule has 1 aromatic heterocycles.